The van der Waals surface area contributed by atoms with Gasteiger partial charge >= 0.3 is 0 Å². The standard InChI is InChI=1S/C21H22FN5O/c1-13-9-17-18(10-14(13)2)27(20-19(26-17)21(28)25-12-24-20)8-7-23-11-15-5-3-4-6-16(15)22/h3-6,9-10,23H,7-8,11-12H2,1-2H3,(H,25,28). The SMILES string of the molecule is Cc1cc2c(cc1C)N(CCNCc1ccccc1F)C1=NCNC(=O)C1=N2. The van der Waals surface area contributed by atoms with E-state index in [0.29, 0.717) is 36.7 Å². The third kappa shape index (κ3) is 3.41. The van der Waals surface area contributed by atoms with Crippen molar-refractivity contribution >= 4 is 28.8 Å². The highest BCUT2D eigenvalue weighted by Crippen LogP contribution is 2.35. The van der Waals surface area contributed by atoms with Gasteiger partial charge in [-0.25, -0.2) is 14.4 Å². The quantitative estimate of drug-likeness (QED) is 0.785. The van der Waals surface area contributed by atoms with Crippen LogP contribution in [0.15, 0.2) is 46.4 Å². The first-order valence-electron chi connectivity index (χ1n) is 9.29. The van der Waals surface area contributed by atoms with Gasteiger partial charge in [0.05, 0.1) is 11.4 Å². The molecule has 0 bridgehead atoms. The van der Waals surface area contributed by atoms with Gasteiger partial charge in [0, 0.05) is 25.2 Å². The Hall–Kier alpha value is -3.06. The molecule has 0 fully saturated rings. The van der Waals surface area contributed by atoms with E-state index in [1.807, 2.05) is 24.0 Å². The van der Waals surface area contributed by atoms with E-state index in [4.69, 9.17) is 0 Å². The summed E-state index contributed by atoms with van der Waals surface area (Å²) >= 11 is 0. The van der Waals surface area contributed by atoms with Crippen LogP contribution >= 0.6 is 0 Å². The van der Waals surface area contributed by atoms with Crippen LogP contribution in [0.2, 0.25) is 0 Å². The van der Waals surface area contributed by atoms with Gasteiger partial charge in [0.2, 0.25) is 0 Å². The Labute approximate surface area is 163 Å². The van der Waals surface area contributed by atoms with Gasteiger partial charge in [-0.3, -0.25) is 4.79 Å². The van der Waals surface area contributed by atoms with Crippen LogP contribution in [-0.2, 0) is 11.3 Å². The number of halogens is 1. The second-order valence-electron chi connectivity index (χ2n) is 6.95. The number of nitrogens with one attached hydrogen (secondary N) is 2. The highest BCUT2D eigenvalue weighted by atomic mass is 19.1. The predicted octanol–water partition coefficient (Wildman–Crippen LogP) is 2.61. The zero-order chi connectivity index (χ0) is 19.7. The number of amides is 1. The van der Waals surface area contributed by atoms with Gasteiger partial charge in [-0.1, -0.05) is 18.2 Å². The number of fused-ring (bicyclic) bond motifs is 2. The number of rotatable bonds is 5. The summed E-state index contributed by atoms with van der Waals surface area (Å²) in [5, 5.41) is 5.99. The molecule has 0 aliphatic carbocycles. The molecule has 4 rings (SSSR count). The Balaban J connectivity index is 1.56. The van der Waals surface area contributed by atoms with Crippen molar-refractivity contribution in [2.75, 3.05) is 24.7 Å². The van der Waals surface area contributed by atoms with E-state index >= 15 is 0 Å². The van der Waals surface area contributed by atoms with E-state index < -0.39 is 0 Å². The molecule has 28 heavy (non-hydrogen) atoms. The van der Waals surface area contributed by atoms with Gasteiger partial charge in [0.25, 0.3) is 5.91 Å². The van der Waals surface area contributed by atoms with Crippen molar-refractivity contribution in [1.29, 1.82) is 0 Å². The Morgan fingerprint density at radius 3 is 2.82 bits per heavy atom. The number of carbonyl (C=O) groups excluding carboxylic acids is 1. The fourth-order valence-electron chi connectivity index (χ4n) is 3.37. The topological polar surface area (TPSA) is 69.1 Å². The maximum absolute atomic E-state index is 13.8. The van der Waals surface area contributed by atoms with Crippen molar-refractivity contribution in [3.63, 3.8) is 0 Å². The molecule has 0 radical (unpaired) electrons. The van der Waals surface area contributed by atoms with Crippen molar-refractivity contribution in [2.24, 2.45) is 9.98 Å². The van der Waals surface area contributed by atoms with Crippen molar-refractivity contribution in [2.45, 2.75) is 20.4 Å². The Morgan fingerprint density at radius 1 is 1.21 bits per heavy atom. The summed E-state index contributed by atoms with van der Waals surface area (Å²) in [7, 11) is 0. The lowest BCUT2D eigenvalue weighted by atomic mass is 10.0. The van der Waals surface area contributed by atoms with Gasteiger partial charge < -0.3 is 15.5 Å². The first-order chi connectivity index (χ1) is 13.5. The summed E-state index contributed by atoms with van der Waals surface area (Å²) in [6.45, 7) is 5.96. The fraction of sp³-hybridized carbons (Fsp3) is 0.286. The Kier molecular flexibility index (Phi) is 4.92. The molecule has 0 saturated carbocycles. The zero-order valence-corrected chi connectivity index (χ0v) is 15.9. The summed E-state index contributed by atoms with van der Waals surface area (Å²) in [6.07, 6.45) is 0. The number of carbonyl (C=O) groups is 1. The maximum atomic E-state index is 13.8. The van der Waals surface area contributed by atoms with Crippen LogP contribution < -0.4 is 15.5 Å². The van der Waals surface area contributed by atoms with Gasteiger partial charge in [-0.05, 0) is 43.2 Å². The minimum atomic E-state index is -0.216. The second-order valence-corrected chi connectivity index (χ2v) is 6.95. The fourth-order valence-corrected chi connectivity index (χ4v) is 3.37. The first-order valence-corrected chi connectivity index (χ1v) is 9.29. The molecule has 0 unspecified atom stereocenters. The van der Waals surface area contributed by atoms with Gasteiger partial charge in [0.1, 0.15) is 12.5 Å². The molecule has 2 N–H and O–H groups in total. The molecule has 2 aliphatic heterocycles. The van der Waals surface area contributed by atoms with Crippen LogP contribution in [0.3, 0.4) is 0 Å². The number of hydrogen-bond acceptors (Lipinski definition) is 5. The predicted molar refractivity (Wildman–Crippen MR) is 109 cm³/mol. The van der Waals surface area contributed by atoms with Crippen LogP contribution in [0.1, 0.15) is 16.7 Å². The van der Waals surface area contributed by atoms with Gasteiger partial charge in [0.15, 0.2) is 11.5 Å². The molecule has 2 aromatic carbocycles. The van der Waals surface area contributed by atoms with Crippen LogP contribution in [0.4, 0.5) is 15.8 Å². The number of nitrogens with zero attached hydrogens (tertiary/aromatic N) is 3. The Morgan fingerprint density at radius 2 is 2.00 bits per heavy atom. The van der Waals surface area contributed by atoms with Gasteiger partial charge in [-0.2, -0.15) is 0 Å². The third-order valence-corrected chi connectivity index (χ3v) is 5.05. The normalized spacial score (nSPS) is 15.4. The third-order valence-electron chi connectivity index (χ3n) is 5.05. The van der Waals surface area contributed by atoms with Crippen LogP contribution in [-0.4, -0.2) is 37.2 Å². The molecule has 6 nitrogen and oxygen atoms in total. The zero-order valence-electron chi connectivity index (χ0n) is 15.9. The summed E-state index contributed by atoms with van der Waals surface area (Å²) < 4.78 is 13.8. The lowest BCUT2D eigenvalue weighted by Crippen LogP contribution is -2.51. The molecular weight excluding hydrogens is 357 g/mol. The molecular formula is C21H22FN5O. The van der Waals surface area contributed by atoms with Crippen molar-refractivity contribution < 1.29 is 9.18 Å². The minimum Gasteiger partial charge on any atom is -0.331 e. The van der Waals surface area contributed by atoms with E-state index in [2.05, 4.69) is 33.6 Å². The molecule has 2 aromatic rings. The average molecular weight is 379 g/mol. The van der Waals surface area contributed by atoms with Crippen LogP contribution in [0.5, 0.6) is 0 Å². The molecule has 144 valence electrons. The number of aryl methyl sites for hydroxylation is 2. The monoisotopic (exact) mass is 379 g/mol. The molecule has 0 atom stereocenters. The lowest BCUT2D eigenvalue weighted by molar-refractivity contribution is -0.114. The molecule has 0 saturated heterocycles. The lowest BCUT2D eigenvalue weighted by Gasteiger charge is -2.33. The summed E-state index contributed by atoms with van der Waals surface area (Å²) in [5.41, 5.74) is 4.96. The highest BCUT2D eigenvalue weighted by Gasteiger charge is 2.32. The molecule has 0 spiro atoms. The van der Waals surface area contributed by atoms with E-state index in [-0.39, 0.29) is 18.4 Å². The summed E-state index contributed by atoms with van der Waals surface area (Å²) in [6, 6.07) is 10.8. The summed E-state index contributed by atoms with van der Waals surface area (Å²) in [5.74, 6) is 0.164. The number of anilines is 1. The first kappa shape index (κ1) is 18.3. The van der Waals surface area contributed by atoms with E-state index in [1.165, 1.54) is 6.07 Å². The molecule has 2 aliphatic rings. The molecule has 1 amide bonds. The van der Waals surface area contributed by atoms with Crippen LogP contribution in [0.25, 0.3) is 0 Å². The Bertz CT molecular complexity index is 998. The van der Waals surface area contributed by atoms with E-state index in [0.717, 1.165) is 22.5 Å². The largest absolute Gasteiger partial charge is 0.331 e. The van der Waals surface area contributed by atoms with Crippen molar-refractivity contribution in [1.82, 2.24) is 10.6 Å². The number of aliphatic imine (C=N–C) groups is 2. The van der Waals surface area contributed by atoms with Gasteiger partial charge in [-0.15, -0.1) is 0 Å². The number of benzene rings is 2. The maximum Gasteiger partial charge on any atom is 0.275 e. The van der Waals surface area contributed by atoms with Crippen molar-refractivity contribution in [3.8, 4) is 0 Å². The molecule has 2 heterocycles. The molecule has 7 heteroatoms. The smallest absolute Gasteiger partial charge is 0.275 e. The van der Waals surface area contributed by atoms with Crippen LogP contribution in [0, 0.1) is 19.7 Å². The highest BCUT2D eigenvalue weighted by molar-refractivity contribution is 6.70. The number of amidine groups is 1. The molecule has 0 aromatic heterocycles. The van der Waals surface area contributed by atoms with E-state index in [1.54, 1.807) is 12.1 Å². The summed E-state index contributed by atoms with van der Waals surface area (Å²) in [4.78, 5) is 23.3. The van der Waals surface area contributed by atoms with Crippen molar-refractivity contribution in [3.05, 3.63) is 58.9 Å². The average Bonchev–Trinajstić information content (AvgIpc) is 2.68. The minimum absolute atomic E-state index is 0.210. The second kappa shape index (κ2) is 7.52. The number of hydrogen-bond donors (Lipinski definition) is 2. The van der Waals surface area contributed by atoms with E-state index in [9.17, 15) is 9.18 Å².